The molecule has 0 aliphatic carbocycles. The fourth-order valence-corrected chi connectivity index (χ4v) is 3.93. The maximum absolute atomic E-state index is 6.11. The monoisotopic (exact) mass is 321 g/mol. The highest BCUT2D eigenvalue weighted by Crippen LogP contribution is 2.37. The predicted molar refractivity (Wildman–Crippen MR) is 90.0 cm³/mol. The summed E-state index contributed by atoms with van der Waals surface area (Å²) in [6.45, 7) is 2.85. The summed E-state index contributed by atoms with van der Waals surface area (Å²) in [5, 5.41) is 3.99. The molecule has 0 radical (unpaired) electrons. The molecule has 0 atom stereocenters. The van der Waals surface area contributed by atoms with Crippen molar-refractivity contribution in [3.8, 4) is 10.6 Å². The van der Waals surface area contributed by atoms with Crippen LogP contribution < -0.4 is 5.73 Å². The van der Waals surface area contributed by atoms with Crippen molar-refractivity contribution in [1.29, 1.82) is 0 Å². The van der Waals surface area contributed by atoms with Gasteiger partial charge >= 0.3 is 0 Å². The topological polar surface area (TPSA) is 42.1 Å². The van der Waals surface area contributed by atoms with Crippen LogP contribution in [0.5, 0.6) is 0 Å². The number of thiazole rings is 1. The molecule has 2 aromatic rings. The maximum atomic E-state index is 6.11. The minimum atomic E-state index is 0.0493. The Balaban J connectivity index is 1.88. The molecule has 2 heterocycles. The van der Waals surface area contributed by atoms with Crippen molar-refractivity contribution < 1.29 is 0 Å². The standard InChI is InChI=1S/C16H20ClN3S/c1-20-8-6-16(11-18,7-9-20)14-10-21-15(19-14)12-2-4-13(17)5-3-12/h2-5,10H,6-9,11,18H2,1H3. The summed E-state index contributed by atoms with van der Waals surface area (Å²) >= 11 is 7.64. The lowest BCUT2D eigenvalue weighted by Crippen LogP contribution is -2.45. The third-order valence-corrected chi connectivity index (χ3v) is 5.62. The van der Waals surface area contributed by atoms with Crippen molar-refractivity contribution in [2.45, 2.75) is 18.3 Å². The molecule has 0 spiro atoms. The summed E-state index contributed by atoms with van der Waals surface area (Å²) in [4.78, 5) is 7.24. The number of hydrogen-bond acceptors (Lipinski definition) is 4. The van der Waals surface area contributed by atoms with Gasteiger partial charge in [-0.3, -0.25) is 0 Å². The molecule has 3 rings (SSSR count). The van der Waals surface area contributed by atoms with Gasteiger partial charge in [0.15, 0.2) is 0 Å². The molecule has 1 aliphatic heterocycles. The summed E-state index contributed by atoms with van der Waals surface area (Å²) < 4.78 is 0. The molecule has 0 saturated carbocycles. The zero-order chi connectivity index (χ0) is 14.9. The van der Waals surface area contributed by atoms with Gasteiger partial charge in [-0.1, -0.05) is 23.7 Å². The van der Waals surface area contributed by atoms with Gasteiger partial charge in [0.05, 0.1) is 5.69 Å². The van der Waals surface area contributed by atoms with Crippen molar-refractivity contribution in [2.75, 3.05) is 26.7 Å². The Kier molecular flexibility index (Phi) is 4.31. The van der Waals surface area contributed by atoms with Gasteiger partial charge in [-0.15, -0.1) is 11.3 Å². The third kappa shape index (κ3) is 2.99. The van der Waals surface area contributed by atoms with Crippen LogP contribution in [0.25, 0.3) is 10.6 Å². The number of piperidine rings is 1. The SMILES string of the molecule is CN1CCC(CN)(c2csc(-c3ccc(Cl)cc3)n2)CC1. The Morgan fingerprint density at radius 3 is 2.57 bits per heavy atom. The quantitative estimate of drug-likeness (QED) is 0.942. The molecule has 1 saturated heterocycles. The van der Waals surface area contributed by atoms with E-state index in [1.165, 1.54) is 0 Å². The molecule has 1 fully saturated rings. The highest BCUT2D eigenvalue weighted by atomic mass is 35.5. The Labute approximate surface area is 134 Å². The highest BCUT2D eigenvalue weighted by molar-refractivity contribution is 7.13. The highest BCUT2D eigenvalue weighted by Gasteiger charge is 2.36. The van der Waals surface area contributed by atoms with E-state index in [1.54, 1.807) is 11.3 Å². The zero-order valence-electron chi connectivity index (χ0n) is 12.2. The third-order valence-electron chi connectivity index (χ3n) is 4.47. The largest absolute Gasteiger partial charge is 0.330 e. The first-order valence-corrected chi connectivity index (χ1v) is 8.49. The second-order valence-corrected chi connectivity index (χ2v) is 7.13. The lowest BCUT2D eigenvalue weighted by molar-refractivity contribution is 0.189. The van der Waals surface area contributed by atoms with Crippen molar-refractivity contribution >= 4 is 22.9 Å². The molecule has 1 aromatic carbocycles. The smallest absolute Gasteiger partial charge is 0.123 e. The lowest BCUT2D eigenvalue weighted by atomic mass is 9.76. The molecule has 3 nitrogen and oxygen atoms in total. The van der Waals surface area contributed by atoms with E-state index in [0.717, 1.165) is 47.2 Å². The normalized spacial score (nSPS) is 18.8. The van der Waals surface area contributed by atoms with Gasteiger partial charge in [-0.2, -0.15) is 0 Å². The van der Waals surface area contributed by atoms with Crippen LogP contribution in [-0.4, -0.2) is 36.6 Å². The average Bonchev–Trinajstić information content (AvgIpc) is 3.00. The lowest BCUT2D eigenvalue weighted by Gasteiger charge is -2.38. The number of nitrogens with two attached hydrogens (primary N) is 1. The molecular weight excluding hydrogens is 302 g/mol. The van der Waals surface area contributed by atoms with Crippen LogP contribution in [0.4, 0.5) is 0 Å². The van der Waals surface area contributed by atoms with Crippen LogP contribution in [0.1, 0.15) is 18.5 Å². The van der Waals surface area contributed by atoms with Crippen LogP contribution in [0.2, 0.25) is 5.02 Å². The molecule has 21 heavy (non-hydrogen) atoms. The fourth-order valence-electron chi connectivity index (χ4n) is 2.85. The van der Waals surface area contributed by atoms with Gasteiger partial charge in [0.25, 0.3) is 0 Å². The number of halogens is 1. The second kappa shape index (κ2) is 6.05. The van der Waals surface area contributed by atoms with Gasteiger partial charge in [0, 0.05) is 27.9 Å². The first kappa shape index (κ1) is 15.0. The van der Waals surface area contributed by atoms with E-state index in [0.29, 0.717) is 6.54 Å². The van der Waals surface area contributed by atoms with Gasteiger partial charge < -0.3 is 10.6 Å². The summed E-state index contributed by atoms with van der Waals surface area (Å²) in [6.07, 6.45) is 2.17. The van der Waals surface area contributed by atoms with Crippen molar-refractivity contribution in [2.24, 2.45) is 5.73 Å². The molecule has 0 unspecified atom stereocenters. The molecular formula is C16H20ClN3S. The van der Waals surface area contributed by atoms with Crippen molar-refractivity contribution in [1.82, 2.24) is 9.88 Å². The van der Waals surface area contributed by atoms with E-state index in [9.17, 15) is 0 Å². The second-order valence-electron chi connectivity index (χ2n) is 5.83. The first-order chi connectivity index (χ1) is 10.1. The van der Waals surface area contributed by atoms with E-state index in [2.05, 4.69) is 17.3 Å². The minimum Gasteiger partial charge on any atom is -0.330 e. The number of hydrogen-bond donors (Lipinski definition) is 1. The Bertz CT molecular complexity index is 600. The van der Waals surface area contributed by atoms with E-state index >= 15 is 0 Å². The Morgan fingerprint density at radius 1 is 1.29 bits per heavy atom. The van der Waals surface area contributed by atoms with E-state index in [1.807, 2.05) is 24.3 Å². The van der Waals surface area contributed by atoms with Crippen LogP contribution in [0, 0.1) is 0 Å². The van der Waals surface area contributed by atoms with Crippen molar-refractivity contribution in [3.63, 3.8) is 0 Å². The molecule has 0 bridgehead atoms. The number of rotatable bonds is 3. The number of nitrogens with zero attached hydrogens (tertiary/aromatic N) is 2. The first-order valence-electron chi connectivity index (χ1n) is 7.23. The van der Waals surface area contributed by atoms with Gasteiger partial charge in [-0.05, 0) is 45.1 Å². The molecule has 2 N–H and O–H groups in total. The van der Waals surface area contributed by atoms with Gasteiger partial charge in [-0.25, -0.2) is 4.98 Å². The number of likely N-dealkylation sites (tertiary alicyclic amines) is 1. The number of benzene rings is 1. The van der Waals surface area contributed by atoms with Crippen LogP contribution in [-0.2, 0) is 5.41 Å². The fraction of sp³-hybridized carbons (Fsp3) is 0.438. The molecule has 5 heteroatoms. The predicted octanol–water partition coefficient (Wildman–Crippen LogP) is 3.39. The van der Waals surface area contributed by atoms with Gasteiger partial charge in [0.1, 0.15) is 5.01 Å². The Morgan fingerprint density at radius 2 is 1.95 bits per heavy atom. The summed E-state index contributed by atoms with van der Waals surface area (Å²) in [6, 6.07) is 7.86. The number of aromatic nitrogens is 1. The van der Waals surface area contributed by atoms with Gasteiger partial charge in [0.2, 0.25) is 0 Å². The van der Waals surface area contributed by atoms with Crippen LogP contribution >= 0.6 is 22.9 Å². The van der Waals surface area contributed by atoms with E-state index in [-0.39, 0.29) is 5.41 Å². The average molecular weight is 322 g/mol. The molecule has 1 aromatic heterocycles. The summed E-state index contributed by atoms with van der Waals surface area (Å²) in [7, 11) is 2.17. The van der Waals surface area contributed by atoms with Crippen LogP contribution in [0.15, 0.2) is 29.6 Å². The molecule has 0 amide bonds. The van der Waals surface area contributed by atoms with Crippen LogP contribution in [0.3, 0.4) is 0 Å². The summed E-state index contributed by atoms with van der Waals surface area (Å²) in [5.74, 6) is 0. The van der Waals surface area contributed by atoms with Crippen molar-refractivity contribution in [3.05, 3.63) is 40.4 Å². The van der Waals surface area contributed by atoms with E-state index in [4.69, 9.17) is 22.3 Å². The Hall–Kier alpha value is -0.940. The summed E-state index contributed by atoms with van der Waals surface area (Å²) in [5.41, 5.74) is 8.44. The maximum Gasteiger partial charge on any atom is 0.123 e. The molecule has 112 valence electrons. The zero-order valence-corrected chi connectivity index (χ0v) is 13.8. The minimum absolute atomic E-state index is 0.0493. The molecule has 1 aliphatic rings. The van der Waals surface area contributed by atoms with E-state index < -0.39 is 0 Å².